The molecule has 0 unspecified atom stereocenters. The lowest BCUT2D eigenvalue weighted by atomic mass is 9.95. The van der Waals surface area contributed by atoms with Gasteiger partial charge in [-0.25, -0.2) is 14.0 Å². The van der Waals surface area contributed by atoms with Crippen LogP contribution in [-0.4, -0.2) is 18.1 Å². The molecule has 0 aromatic heterocycles. The van der Waals surface area contributed by atoms with Crippen LogP contribution in [0.5, 0.6) is 0 Å². The van der Waals surface area contributed by atoms with Crippen molar-refractivity contribution in [1.29, 1.82) is 0 Å². The first-order valence-corrected chi connectivity index (χ1v) is 7.53. The number of amides is 2. The predicted molar refractivity (Wildman–Crippen MR) is 82.4 cm³/mol. The van der Waals surface area contributed by atoms with E-state index in [0.717, 1.165) is 0 Å². The SMILES string of the molecule is CC1=C(C(=O)OC(C)C)[C@@H](c2ccc(F)c(Br)c2)NC(=O)N1. The van der Waals surface area contributed by atoms with E-state index in [2.05, 4.69) is 26.6 Å². The molecular formula is C15H16BrFN2O3. The van der Waals surface area contributed by atoms with E-state index in [0.29, 0.717) is 16.8 Å². The van der Waals surface area contributed by atoms with Crippen LogP contribution in [0.4, 0.5) is 9.18 Å². The zero-order chi connectivity index (χ0) is 16.4. The highest BCUT2D eigenvalue weighted by Crippen LogP contribution is 2.30. The van der Waals surface area contributed by atoms with Crippen molar-refractivity contribution in [3.63, 3.8) is 0 Å². The molecule has 2 rings (SSSR count). The molecule has 1 heterocycles. The number of hydrogen-bond acceptors (Lipinski definition) is 3. The number of rotatable bonds is 3. The number of benzene rings is 1. The van der Waals surface area contributed by atoms with Crippen molar-refractivity contribution in [2.45, 2.75) is 32.9 Å². The Hall–Kier alpha value is -1.89. The van der Waals surface area contributed by atoms with Gasteiger partial charge in [0.25, 0.3) is 0 Å². The van der Waals surface area contributed by atoms with Crippen LogP contribution in [0.2, 0.25) is 0 Å². The van der Waals surface area contributed by atoms with E-state index in [9.17, 15) is 14.0 Å². The second kappa shape index (κ2) is 6.48. The topological polar surface area (TPSA) is 67.4 Å². The van der Waals surface area contributed by atoms with Crippen molar-refractivity contribution in [2.75, 3.05) is 0 Å². The molecule has 2 amide bonds. The average Bonchev–Trinajstić information content (AvgIpc) is 2.39. The van der Waals surface area contributed by atoms with E-state index in [-0.39, 0.29) is 10.6 Å². The first kappa shape index (κ1) is 16.5. The van der Waals surface area contributed by atoms with Crippen molar-refractivity contribution < 1.29 is 18.7 Å². The van der Waals surface area contributed by atoms with Gasteiger partial charge >= 0.3 is 12.0 Å². The molecule has 0 bridgehead atoms. The van der Waals surface area contributed by atoms with E-state index in [1.807, 2.05) is 0 Å². The Balaban J connectivity index is 2.45. The van der Waals surface area contributed by atoms with Gasteiger partial charge in [-0.05, 0) is 54.4 Å². The molecule has 0 saturated carbocycles. The lowest BCUT2D eigenvalue weighted by Gasteiger charge is -2.28. The Labute approximate surface area is 136 Å². The fourth-order valence-corrected chi connectivity index (χ4v) is 2.58. The third kappa shape index (κ3) is 3.47. The fraction of sp³-hybridized carbons (Fsp3) is 0.333. The van der Waals surface area contributed by atoms with Crippen molar-refractivity contribution >= 4 is 27.9 Å². The minimum absolute atomic E-state index is 0.256. The van der Waals surface area contributed by atoms with Crippen LogP contribution in [0, 0.1) is 5.82 Å². The molecule has 5 nitrogen and oxygen atoms in total. The summed E-state index contributed by atoms with van der Waals surface area (Å²) in [6, 6.07) is 3.20. The summed E-state index contributed by atoms with van der Waals surface area (Å²) in [4.78, 5) is 24.0. The summed E-state index contributed by atoms with van der Waals surface area (Å²) in [5.41, 5.74) is 1.30. The Kier molecular flexibility index (Phi) is 4.85. The molecule has 0 aliphatic carbocycles. The van der Waals surface area contributed by atoms with Crippen molar-refractivity contribution in [1.82, 2.24) is 10.6 Å². The molecule has 1 aliphatic rings. The second-order valence-electron chi connectivity index (χ2n) is 5.20. The van der Waals surface area contributed by atoms with Gasteiger partial charge < -0.3 is 15.4 Å². The second-order valence-corrected chi connectivity index (χ2v) is 6.05. The zero-order valence-corrected chi connectivity index (χ0v) is 14.0. The van der Waals surface area contributed by atoms with Crippen LogP contribution in [0.3, 0.4) is 0 Å². The quantitative estimate of drug-likeness (QED) is 0.803. The molecular weight excluding hydrogens is 355 g/mol. The van der Waals surface area contributed by atoms with Crippen molar-refractivity contribution in [3.8, 4) is 0 Å². The number of allylic oxidation sites excluding steroid dienone is 1. The number of carbonyl (C=O) groups excluding carboxylic acids is 2. The molecule has 1 aromatic rings. The first-order valence-electron chi connectivity index (χ1n) is 6.73. The molecule has 0 radical (unpaired) electrons. The number of ether oxygens (including phenoxy) is 1. The molecule has 7 heteroatoms. The average molecular weight is 371 g/mol. The van der Waals surface area contributed by atoms with Gasteiger partial charge in [-0.3, -0.25) is 0 Å². The number of hydrogen-bond donors (Lipinski definition) is 2. The van der Waals surface area contributed by atoms with Crippen LogP contribution < -0.4 is 10.6 Å². The van der Waals surface area contributed by atoms with E-state index < -0.39 is 23.9 Å². The van der Waals surface area contributed by atoms with Crippen LogP contribution in [0.1, 0.15) is 32.4 Å². The molecule has 0 saturated heterocycles. The van der Waals surface area contributed by atoms with Crippen LogP contribution in [0.25, 0.3) is 0 Å². The molecule has 22 heavy (non-hydrogen) atoms. The maximum atomic E-state index is 13.4. The van der Waals surface area contributed by atoms with Gasteiger partial charge in [-0.2, -0.15) is 0 Å². The van der Waals surface area contributed by atoms with Gasteiger partial charge in [0.05, 0.1) is 22.2 Å². The molecule has 2 N–H and O–H groups in total. The molecule has 0 spiro atoms. The van der Waals surface area contributed by atoms with Crippen LogP contribution in [-0.2, 0) is 9.53 Å². The van der Waals surface area contributed by atoms with Crippen LogP contribution in [0.15, 0.2) is 33.9 Å². The highest BCUT2D eigenvalue weighted by molar-refractivity contribution is 9.10. The van der Waals surface area contributed by atoms with E-state index in [1.54, 1.807) is 20.8 Å². The van der Waals surface area contributed by atoms with Crippen molar-refractivity contribution in [2.24, 2.45) is 0 Å². The minimum atomic E-state index is -0.697. The Morgan fingerprint density at radius 1 is 1.41 bits per heavy atom. The van der Waals surface area contributed by atoms with E-state index in [4.69, 9.17) is 4.74 Å². The molecule has 1 aliphatic heterocycles. The summed E-state index contributed by atoms with van der Waals surface area (Å²) in [5.74, 6) is -0.943. The van der Waals surface area contributed by atoms with Gasteiger partial charge in [-0.15, -0.1) is 0 Å². The highest BCUT2D eigenvalue weighted by atomic mass is 79.9. The van der Waals surface area contributed by atoms with Crippen LogP contribution >= 0.6 is 15.9 Å². The normalized spacial score (nSPS) is 18.1. The standard InChI is InChI=1S/C15H16BrFN2O3/c1-7(2)22-14(20)12-8(3)18-15(21)19-13(12)9-4-5-11(17)10(16)6-9/h4-7,13H,1-3H3,(H2,18,19,21)/t13-/m1/s1. The minimum Gasteiger partial charge on any atom is -0.459 e. The van der Waals surface area contributed by atoms with Crippen molar-refractivity contribution in [3.05, 3.63) is 45.3 Å². The summed E-state index contributed by atoms with van der Waals surface area (Å²) in [7, 11) is 0. The predicted octanol–water partition coefficient (Wildman–Crippen LogP) is 3.17. The van der Waals surface area contributed by atoms with E-state index in [1.165, 1.54) is 18.2 Å². The van der Waals surface area contributed by atoms with Gasteiger partial charge in [0.15, 0.2) is 0 Å². The monoisotopic (exact) mass is 370 g/mol. The number of nitrogens with one attached hydrogen (secondary N) is 2. The first-order chi connectivity index (χ1) is 10.3. The van der Waals surface area contributed by atoms with Gasteiger partial charge in [0.1, 0.15) is 5.82 Å². The molecule has 0 fully saturated rings. The van der Waals surface area contributed by atoms with Gasteiger partial charge in [0, 0.05) is 5.70 Å². The summed E-state index contributed by atoms with van der Waals surface area (Å²) in [5, 5.41) is 5.21. The Morgan fingerprint density at radius 3 is 2.68 bits per heavy atom. The lowest BCUT2D eigenvalue weighted by molar-refractivity contribution is -0.143. The molecule has 118 valence electrons. The molecule has 1 aromatic carbocycles. The number of halogens is 2. The third-order valence-corrected chi connectivity index (χ3v) is 3.72. The number of urea groups is 1. The van der Waals surface area contributed by atoms with E-state index >= 15 is 0 Å². The number of carbonyl (C=O) groups is 2. The smallest absolute Gasteiger partial charge is 0.338 e. The lowest BCUT2D eigenvalue weighted by Crippen LogP contribution is -2.45. The largest absolute Gasteiger partial charge is 0.459 e. The Morgan fingerprint density at radius 2 is 2.09 bits per heavy atom. The Bertz CT molecular complexity index is 658. The maximum absolute atomic E-state index is 13.4. The summed E-state index contributed by atoms with van der Waals surface area (Å²) in [6.45, 7) is 5.11. The third-order valence-electron chi connectivity index (χ3n) is 3.11. The highest BCUT2D eigenvalue weighted by Gasteiger charge is 2.32. The molecule has 1 atom stereocenters. The van der Waals surface area contributed by atoms with Gasteiger partial charge in [0.2, 0.25) is 0 Å². The number of esters is 1. The maximum Gasteiger partial charge on any atom is 0.338 e. The van der Waals surface area contributed by atoms with Gasteiger partial charge in [-0.1, -0.05) is 6.07 Å². The summed E-state index contributed by atoms with van der Waals surface area (Å²) < 4.78 is 18.9. The summed E-state index contributed by atoms with van der Waals surface area (Å²) >= 11 is 3.10. The fourth-order valence-electron chi connectivity index (χ4n) is 2.18. The summed E-state index contributed by atoms with van der Waals surface area (Å²) in [6.07, 6.45) is -0.286. The zero-order valence-electron chi connectivity index (χ0n) is 12.4.